The fourth-order valence-electron chi connectivity index (χ4n) is 2.87. The summed E-state index contributed by atoms with van der Waals surface area (Å²) in [5.74, 6) is -1.21. The molecule has 0 saturated heterocycles. The lowest BCUT2D eigenvalue weighted by Crippen LogP contribution is -2.32. The van der Waals surface area contributed by atoms with Crippen LogP contribution >= 0.6 is 11.6 Å². The lowest BCUT2D eigenvalue weighted by atomic mass is 10.2. The third-order valence-electron chi connectivity index (χ3n) is 4.49. The van der Waals surface area contributed by atoms with Crippen LogP contribution in [0.5, 0.6) is 5.75 Å². The van der Waals surface area contributed by atoms with Crippen molar-refractivity contribution in [1.82, 2.24) is 0 Å². The molecule has 0 fully saturated rings. The molecule has 0 spiro atoms. The number of imide groups is 1. The number of carbonyl (C=O) groups excluding carboxylic acids is 3. The molecule has 0 radical (unpaired) electrons. The number of amides is 2. The molecule has 0 saturated carbocycles. The molecule has 2 aromatic rings. The van der Waals surface area contributed by atoms with Gasteiger partial charge in [0.15, 0.2) is 0 Å². The lowest BCUT2D eigenvalue weighted by molar-refractivity contribution is -0.120. The number of nitrogens with zero attached hydrogens (tertiary/aromatic N) is 1. The highest BCUT2D eigenvalue weighted by atomic mass is 35.5. The maximum atomic E-state index is 12.9. The summed E-state index contributed by atoms with van der Waals surface area (Å²) in [5, 5.41) is 2.66. The molecule has 0 aromatic heterocycles. The van der Waals surface area contributed by atoms with Gasteiger partial charge in [-0.2, -0.15) is 0 Å². The van der Waals surface area contributed by atoms with Crippen LogP contribution in [0, 0.1) is 0 Å². The van der Waals surface area contributed by atoms with Crippen LogP contribution < -0.4 is 15.0 Å². The first-order valence-corrected chi connectivity index (χ1v) is 9.81. The highest BCUT2D eigenvalue weighted by Crippen LogP contribution is 2.32. The Morgan fingerprint density at radius 2 is 1.77 bits per heavy atom. The zero-order chi connectivity index (χ0) is 21.7. The molecule has 1 aliphatic heterocycles. The van der Waals surface area contributed by atoms with E-state index in [4.69, 9.17) is 21.1 Å². The van der Waals surface area contributed by atoms with E-state index in [1.807, 2.05) is 6.92 Å². The van der Waals surface area contributed by atoms with Crippen molar-refractivity contribution < 1.29 is 23.9 Å². The summed E-state index contributed by atoms with van der Waals surface area (Å²) in [4.78, 5) is 38.5. The number of unbranched alkanes of at least 4 members (excludes halogenated alkanes) is 1. The third-order valence-corrected chi connectivity index (χ3v) is 4.84. The molecule has 0 aliphatic carbocycles. The SMILES string of the molecule is CCCCOC(=O)c1ccc(N2C(=O)C(Cl)=C(Nc3ccccc3OC)C2=O)cc1. The first-order valence-electron chi connectivity index (χ1n) is 9.43. The number of hydrogen-bond donors (Lipinski definition) is 1. The minimum Gasteiger partial charge on any atom is -0.495 e. The van der Waals surface area contributed by atoms with Crippen LogP contribution in [0.3, 0.4) is 0 Å². The molecule has 7 nitrogen and oxygen atoms in total. The fourth-order valence-corrected chi connectivity index (χ4v) is 3.08. The number of hydrogen-bond acceptors (Lipinski definition) is 6. The number of carbonyl (C=O) groups is 3. The molecule has 0 unspecified atom stereocenters. The predicted molar refractivity (Wildman–Crippen MR) is 114 cm³/mol. The van der Waals surface area contributed by atoms with Crippen molar-refractivity contribution in [2.75, 3.05) is 23.9 Å². The van der Waals surface area contributed by atoms with Gasteiger partial charge in [0.05, 0.1) is 30.7 Å². The molecule has 0 bridgehead atoms. The zero-order valence-electron chi connectivity index (χ0n) is 16.6. The highest BCUT2D eigenvalue weighted by molar-refractivity contribution is 6.53. The largest absolute Gasteiger partial charge is 0.495 e. The topological polar surface area (TPSA) is 84.9 Å². The molecule has 2 aromatic carbocycles. The number of anilines is 2. The number of rotatable bonds is 8. The minimum absolute atomic E-state index is 0.0470. The van der Waals surface area contributed by atoms with Crippen molar-refractivity contribution in [3.8, 4) is 5.75 Å². The van der Waals surface area contributed by atoms with E-state index < -0.39 is 17.8 Å². The second kappa shape index (κ2) is 9.45. The summed E-state index contributed by atoms with van der Waals surface area (Å²) in [6, 6.07) is 13.0. The van der Waals surface area contributed by atoms with Gasteiger partial charge in [0.1, 0.15) is 16.5 Å². The Bertz CT molecular complexity index is 1000. The first-order chi connectivity index (χ1) is 14.5. The summed E-state index contributed by atoms with van der Waals surface area (Å²) >= 11 is 6.16. The quantitative estimate of drug-likeness (QED) is 0.387. The molecule has 2 amide bonds. The maximum absolute atomic E-state index is 12.9. The number of halogens is 1. The summed E-state index contributed by atoms with van der Waals surface area (Å²) in [6.07, 6.45) is 1.71. The number of nitrogens with one attached hydrogen (secondary N) is 1. The number of esters is 1. The monoisotopic (exact) mass is 428 g/mol. The number of benzene rings is 2. The Hall–Kier alpha value is -3.32. The molecule has 8 heteroatoms. The van der Waals surface area contributed by atoms with Gasteiger partial charge in [0.2, 0.25) is 0 Å². The number of methoxy groups -OCH3 is 1. The van der Waals surface area contributed by atoms with Gasteiger partial charge < -0.3 is 14.8 Å². The molecule has 156 valence electrons. The van der Waals surface area contributed by atoms with Crippen LogP contribution in [0.4, 0.5) is 11.4 Å². The first kappa shape index (κ1) is 21.4. The lowest BCUT2D eigenvalue weighted by Gasteiger charge is -2.16. The smallest absolute Gasteiger partial charge is 0.338 e. The van der Waals surface area contributed by atoms with E-state index in [-0.39, 0.29) is 10.7 Å². The van der Waals surface area contributed by atoms with Crippen LogP contribution in [0.1, 0.15) is 30.1 Å². The van der Waals surface area contributed by atoms with E-state index in [0.717, 1.165) is 17.7 Å². The number of ether oxygens (including phenoxy) is 2. The second-order valence-corrected chi connectivity index (χ2v) is 6.87. The van der Waals surface area contributed by atoms with Gasteiger partial charge in [-0.25, -0.2) is 9.69 Å². The molecular weight excluding hydrogens is 408 g/mol. The minimum atomic E-state index is -0.655. The van der Waals surface area contributed by atoms with Crippen molar-refractivity contribution in [2.24, 2.45) is 0 Å². The Morgan fingerprint density at radius 3 is 2.43 bits per heavy atom. The van der Waals surface area contributed by atoms with Crippen molar-refractivity contribution in [1.29, 1.82) is 0 Å². The normalized spacial score (nSPS) is 13.6. The maximum Gasteiger partial charge on any atom is 0.338 e. The van der Waals surface area contributed by atoms with Gasteiger partial charge in [-0.15, -0.1) is 0 Å². The van der Waals surface area contributed by atoms with Gasteiger partial charge in [0, 0.05) is 0 Å². The molecule has 30 heavy (non-hydrogen) atoms. The molecule has 1 aliphatic rings. The molecular formula is C22H21ClN2O5. The van der Waals surface area contributed by atoms with E-state index in [9.17, 15) is 14.4 Å². The Kier molecular flexibility index (Phi) is 6.74. The zero-order valence-corrected chi connectivity index (χ0v) is 17.4. The van der Waals surface area contributed by atoms with Gasteiger partial charge in [-0.05, 0) is 42.8 Å². The van der Waals surface area contributed by atoms with Crippen molar-refractivity contribution in [2.45, 2.75) is 19.8 Å². The summed E-state index contributed by atoms with van der Waals surface area (Å²) in [5.41, 5.74) is 1.08. The Morgan fingerprint density at radius 1 is 1.07 bits per heavy atom. The fraction of sp³-hybridized carbons (Fsp3) is 0.227. The van der Waals surface area contributed by atoms with E-state index in [2.05, 4.69) is 5.32 Å². The van der Waals surface area contributed by atoms with Gasteiger partial charge in [0.25, 0.3) is 11.8 Å². The van der Waals surface area contributed by atoms with E-state index >= 15 is 0 Å². The standard InChI is InChI=1S/C22H21ClN2O5/c1-3-4-13-30-22(28)14-9-11-15(12-10-14)25-20(26)18(23)19(21(25)27)24-16-7-5-6-8-17(16)29-2/h5-12,24H,3-4,13H2,1-2H3. The van der Waals surface area contributed by atoms with E-state index in [0.29, 0.717) is 29.3 Å². The molecule has 1 heterocycles. The van der Waals surface area contributed by atoms with E-state index in [1.54, 1.807) is 24.3 Å². The van der Waals surface area contributed by atoms with Crippen molar-refractivity contribution in [3.05, 3.63) is 64.8 Å². The molecule has 0 atom stereocenters. The van der Waals surface area contributed by atoms with Crippen molar-refractivity contribution >= 4 is 40.8 Å². The van der Waals surface area contributed by atoms with Crippen LogP contribution in [0.15, 0.2) is 59.3 Å². The summed E-state index contributed by atoms with van der Waals surface area (Å²) in [7, 11) is 1.50. The highest BCUT2D eigenvalue weighted by Gasteiger charge is 2.39. The number of para-hydroxylation sites is 2. The summed E-state index contributed by atoms with van der Waals surface area (Å²) in [6.45, 7) is 2.35. The van der Waals surface area contributed by atoms with E-state index in [1.165, 1.54) is 31.4 Å². The Labute approximate surface area is 179 Å². The van der Waals surface area contributed by atoms with Gasteiger partial charge in [-0.3, -0.25) is 9.59 Å². The second-order valence-electron chi connectivity index (χ2n) is 6.50. The van der Waals surface area contributed by atoms with Crippen LogP contribution in [0.25, 0.3) is 0 Å². The Balaban J connectivity index is 1.78. The van der Waals surface area contributed by atoms with Gasteiger partial charge >= 0.3 is 5.97 Å². The van der Waals surface area contributed by atoms with Crippen LogP contribution in [0.2, 0.25) is 0 Å². The average Bonchev–Trinajstić information content (AvgIpc) is 2.97. The van der Waals surface area contributed by atoms with Crippen LogP contribution in [-0.2, 0) is 14.3 Å². The third kappa shape index (κ3) is 4.31. The van der Waals surface area contributed by atoms with Gasteiger partial charge in [-0.1, -0.05) is 37.1 Å². The molecule has 3 rings (SSSR count). The summed E-state index contributed by atoms with van der Waals surface area (Å²) < 4.78 is 10.4. The van der Waals surface area contributed by atoms with Crippen molar-refractivity contribution in [3.63, 3.8) is 0 Å². The molecule has 1 N–H and O–H groups in total. The predicted octanol–water partition coefficient (Wildman–Crippen LogP) is 4.09. The van der Waals surface area contributed by atoms with Crippen LogP contribution in [-0.4, -0.2) is 31.5 Å². The average molecular weight is 429 g/mol.